The molecular weight excluding hydrogens is 1090 g/mol. The van der Waals surface area contributed by atoms with Crippen molar-refractivity contribution in [3.8, 4) is 51.3 Å². The standard InChI is InChI=1S/C42H34N8O7.C6H14N2.Pt.Zn/c1-42(40(51)52,41(53)54)16-17-55-18-19-56-20-21-57-23-14-15-30-31(22-23)39-49-37-29-13-7-6-12-28(29)35(47-37)45-33-25-9-3-2-8-24(25)32(43-33)44-34-26-10-4-5-11-27(26)36(46-34)48-38(30)50-39;7-5-3-1-2-4-6(5)8;;/h2-15,22H,16-21H2,1H3,(H4,43,44,45,46,47,48,49,50,51,52,53,54);5-6H,1-4,7-8H2;;/q;;2*+2/p-4/t;5-,6-;;/m.0../s1. The van der Waals surface area contributed by atoms with Crippen molar-refractivity contribution in [2.45, 2.75) is 51.1 Å². The van der Waals surface area contributed by atoms with Gasteiger partial charge in [0.1, 0.15) is 12.4 Å². The first-order valence-corrected chi connectivity index (χ1v) is 21.4. The van der Waals surface area contributed by atoms with Crippen molar-refractivity contribution in [3.05, 3.63) is 91.0 Å². The first-order chi connectivity index (χ1) is 31.6. The number of benzene rings is 4. The van der Waals surface area contributed by atoms with Gasteiger partial charge in [0.25, 0.3) is 0 Å². The quantitative estimate of drug-likeness (QED) is 0.100. The normalized spacial score (nSPS) is 15.0. The van der Waals surface area contributed by atoms with E-state index in [9.17, 15) is 19.8 Å². The van der Waals surface area contributed by atoms with Gasteiger partial charge in [0, 0.05) is 68.9 Å². The average Bonchev–Trinajstić information content (AvgIpc) is 4.05. The Morgan fingerprint density at radius 2 is 0.970 bits per heavy atom. The summed E-state index contributed by atoms with van der Waals surface area (Å²) in [5.74, 6) is -1.12. The monoisotopic (exact) mass is 1130 g/mol. The van der Waals surface area contributed by atoms with Crippen LogP contribution in [0.4, 0.5) is 0 Å². The van der Waals surface area contributed by atoms with Crippen LogP contribution in [0, 0.1) is 5.41 Å². The molecule has 2 aliphatic heterocycles. The zero-order valence-electron chi connectivity index (χ0n) is 36.5. The zero-order chi connectivity index (χ0) is 45.1. The van der Waals surface area contributed by atoms with Gasteiger partial charge < -0.3 is 75.4 Å². The van der Waals surface area contributed by atoms with Crippen molar-refractivity contribution in [1.82, 2.24) is 39.9 Å². The minimum atomic E-state index is -2.13. The van der Waals surface area contributed by atoms with Gasteiger partial charge in [-0.3, -0.25) is 0 Å². The molecule has 1 saturated carbocycles. The molecule has 0 unspecified atom stereocenters. The summed E-state index contributed by atoms with van der Waals surface area (Å²) < 4.78 is 17.0. The van der Waals surface area contributed by atoms with Gasteiger partial charge in [0.15, 0.2) is 0 Å². The van der Waals surface area contributed by atoms with E-state index < -0.39 is 17.4 Å². The molecule has 5 heterocycles. The minimum absolute atomic E-state index is 0. The second-order valence-corrected chi connectivity index (χ2v) is 16.2. The smallest absolute Gasteiger partial charge is 0.549 e. The predicted molar refractivity (Wildman–Crippen MR) is 238 cm³/mol. The summed E-state index contributed by atoms with van der Waals surface area (Å²) in [5.41, 5.74) is 14.1. The third kappa shape index (κ3) is 10.3. The first-order valence-electron chi connectivity index (χ1n) is 21.4. The van der Waals surface area contributed by atoms with Gasteiger partial charge >= 0.3 is 40.5 Å². The topological polar surface area (TPSA) is 266 Å². The molecule has 7 aromatic rings. The summed E-state index contributed by atoms with van der Waals surface area (Å²) in [4.78, 5) is 61.9. The maximum atomic E-state index is 11.2. The maximum Gasteiger partial charge on any atom is 2.00 e. The number of hydrogen-bond acceptors (Lipinski definition) is 15. The van der Waals surface area contributed by atoms with Crippen molar-refractivity contribution in [3.63, 3.8) is 0 Å². The SMILES string of the molecule is CC(CCOCCOCCOc1ccc2c(c1)-c1nc-2nc2[n-]c(nc3nc(nc4[n-]c(n1)c1ccccc41)-c1ccccc1-3)c1ccccc21)(C(=O)[O-])C(=O)[O-].N[C@H]1CCCC[C@@H]1N.[Pt+2].[Zn+2]. The van der Waals surface area contributed by atoms with Crippen LogP contribution in [0.15, 0.2) is 91.0 Å². The van der Waals surface area contributed by atoms with Crippen molar-refractivity contribution in [2.75, 3.05) is 33.0 Å². The Kier molecular flexibility index (Phi) is 15.7. The molecule has 0 saturated heterocycles. The molecule has 0 spiro atoms. The molecule has 4 N–H and O–H groups in total. The van der Waals surface area contributed by atoms with Gasteiger partial charge in [-0.25, -0.2) is 9.97 Å². The summed E-state index contributed by atoms with van der Waals surface area (Å²) in [6.07, 6.45) is 4.50. The fraction of sp³-hybridized carbons (Fsp3) is 0.292. The fourth-order valence-corrected chi connectivity index (χ4v) is 7.87. The molecule has 1 fully saturated rings. The molecule has 8 bridgehead atoms. The van der Waals surface area contributed by atoms with Crippen LogP contribution in [0.5, 0.6) is 5.75 Å². The van der Waals surface area contributed by atoms with Crippen molar-refractivity contribution < 1.29 is 74.6 Å². The third-order valence-electron chi connectivity index (χ3n) is 11.8. The van der Waals surface area contributed by atoms with Crippen LogP contribution < -0.4 is 36.4 Å². The number of fused-ring (bicyclic) bond motifs is 20. The number of nitrogens with two attached hydrogens (primary N) is 2. The van der Waals surface area contributed by atoms with Gasteiger partial charge in [-0.15, -0.1) is 0 Å². The Balaban J connectivity index is 0.000000605. The fourth-order valence-electron chi connectivity index (χ4n) is 7.87. The molecule has 3 aliphatic rings. The van der Waals surface area contributed by atoms with Crippen LogP contribution in [0.25, 0.3) is 89.7 Å². The summed E-state index contributed by atoms with van der Waals surface area (Å²) in [7, 11) is 0. The average molecular weight is 1130 g/mol. The Morgan fingerprint density at radius 1 is 0.582 bits per heavy atom. The number of aromatic nitrogens is 8. The zero-order valence-corrected chi connectivity index (χ0v) is 41.7. The molecule has 2 atom stereocenters. The predicted octanol–water partition coefficient (Wildman–Crippen LogP) is 3.65. The Morgan fingerprint density at radius 3 is 1.40 bits per heavy atom. The van der Waals surface area contributed by atoms with E-state index in [1.165, 1.54) is 12.8 Å². The van der Waals surface area contributed by atoms with Crippen LogP contribution in [0.2, 0.25) is 0 Å². The third-order valence-corrected chi connectivity index (χ3v) is 11.8. The Bertz CT molecular complexity index is 3080. The van der Waals surface area contributed by atoms with Gasteiger partial charge in [0.2, 0.25) is 0 Å². The first kappa shape index (κ1) is 49.0. The van der Waals surface area contributed by atoms with E-state index in [0.717, 1.165) is 58.0 Å². The van der Waals surface area contributed by atoms with Crippen molar-refractivity contribution in [2.24, 2.45) is 16.9 Å². The number of aliphatic carboxylic acids is 2. The Hall–Kier alpha value is -5.87. The number of ether oxygens (including phenoxy) is 3. The van der Waals surface area contributed by atoms with E-state index in [1.54, 1.807) is 0 Å². The molecule has 4 aromatic carbocycles. The van der Waals surface area contributed by atoms with E-state index in [4.69, 9.17) is 65.5 Å². The molecule has 1 aliphatic carbocycles. The number of rotatable bonds is 12. The van der Waals surface area contributed by atoms with Crippen LogP contribution >= 0.6 is 0 Å². The number of carbonyl (C=O) groups excluding carboxylic acids is 2. The van der Waals surface area contributed by atoms with E-state index in [-0.39, 0.29) is 92.1 Å². The minimum Gasteiger partial charge on any atom is -0.549 e. The molecule has 340 valence electrons. The number of carbonyl (C=O) groups is 2. The van der Waals surface area contributed by atoms with Crippen molar-refractivity contribution in [1.29, 1.82) is 0 Å². The second-order valence-electron chi connectivity index (χ2n) is 16.2. The number of hydrogen-bond donors (Lipinski definition) is 2. The second kappa shape index (κ2) is 21.4. The largest absolute Gasteiger partial charge is 2.00 e. The molecular formula is C48H44N10O7PtZn. The molecule has 0 amide bonds. The Labute approximate surface area is 411 Å². The van der Waals surface area contributed by atoms with E-state index in [0.29, 0.717) is 57.2 Å². The van der Waals surface area contributed by atoms with Crippen LogP contribution in [-0.4, -0.2) is 87.0 Å². The van der Waals surface area contributed by atoms with Gasteiger partial charge in [-0.05, 0) is 65.9 Å². The molecule has 17 nitrogen and oxygen atoms in total. The number of carboxylic acid groups (broad SMARTS) is 2. The van der Waals surface area contributed by atoms with E-state index >= 15 is 0 Å². The summed E-state index contributed by atoms with van der Waals surface area (Å²) >= 11 is 0. The molecule has 19 heteroatoms. The molecule has 3 aromatic heterocycles. The van der Waals surface area contributed by atoms with E-state index in [2.05, 4.69) is 0 Å². The van der Waals surface area contributed by atoms with E-state index in [1.807, 2.05) is 91.0 Å². The van der Waals surface area contributed by atoms with Gasteiger partial charge in [-0.1, -0.05) is 85.6 Å². The van der Waals surface area contributed by atoms with Gasteiger partial charge in [0.05, 0.1) is 55.1 Å². The van der Waals surface area contributed by atoms with Crippen LogP contribution in [-0.2, 0) is 59.6 Å². The number of nitrogens with zero attached hydrogens (tertiary/aromatic N) is 8. The van der Waals surface area contributed by atoms with Crippen LogP contribution in [0.1, 0.15) is 39.0 Å². The summed E-state index contributed by atoms with van der Waals surface area (Å²) in [5, 5.41) is 25.6. The molecule has 67 heavy (non-hydrogen) atoms. The summed E-state index contributed by atoms with van der Waals surface area (Å²) in [6.45, 7) is 1.66. The summed E-state index contributed by atoms with van der Waals surface area (Å²) in [6, 6.07) is 29.4. The van der Waals surface area contributed by atoms with Gasteiger partial charge in [-0.2, -0.15) is 0 Å². The number of carboxylic acids is 2. The maximum absolute atomic E-state index is 11.2. The van der Waals surface area contributed by atoms with Crippen molar-refractivity contribution >= 4 is 56.1 Å². The van der Waals surface area contributed by atoms with Crippen LogP contribution in [0.3, 0.4) is 0 Å². The molecule has 10 rings (SSSR count). The molecule has 0 radical (unpaired) electrons.